The minimum Gasteiger partial charge on any atom is -0.235 e. The minimum atomic E-state index is 1.04. The van der Waals surface area contributed by atoms with Crippen molar-refractivity contribution in [2.75, 3.05) is 0 Å². The van der Waals surface area contributed by atoms with Crippen molar-refractivity contribution in [3.05, 3.63) is 76.9 Å². The van der Waals surface area contributed by atoms with E-state index in [9.17, 15) is 0 Å². The molecule has 2 heteroatoms. The Morgan fingerprint density at radius 3 is 1.58 bits per heavy atom. The van der Waals surface area contributed by atoms with E-state index in [-0.39, 0.29) is 0 Å². The second kappa shape index (κ2) is 5.41. The van der Waals surface area contributed by atoms with Gasteiger partial charge in [0.15, 0.2) is 0 Å². The molecule has 0 aliphatic carbocycles. The van der Waals surface area contributed by atoms with E-state index in [1.807, 2.05) is 0 Å². The van der Waals surface area contributed by atoms with Gasteiger partial charge in [-0.2, -0.15) is 0 Å². The Labute approximate surface area is 142 Å². The summed E-state index contributed by atoms with van der Waals surface area (Å²) >= 11 is 0. The van der Waals surface area contributed by atoms with E-state index >= 15 is 0 Å². The van der Waals surface area contributed by atoms with Crippen molar-refractivity contribution >= 4 is 22.1 Å². The number of aryl methyl sites for hydroxylation is 4. The molecule has 0 saturated carbocycles. The van der Waals surface area contributed by atoms with Crippen molar-refractivity contribution in [1.82, 2.24) is 4.98 Å². The fraction of sp³-hybridized carbons (Fsp3) is 0.182. The maximum absolute atomic E-state index is 4.95. The molecule has 0 saturated heterocycles. The molecule has 118 valence electrons. The van der Waals surface area contributed by atoms with Crippen LogP contribution in [0.15, 0.2) is 54.6 Å². The van der Waals surface area contributed by atoms with Crippen LogP contribution < -0.4 is 4.57 Å². The molecule has 24 heavy (non-hydrogen) atoms. The molecule has 0 atom stereocenters. The van der Waals surface area contributed by atoms with Gasteiger partial charge in [-0.3, -0.25) is 0 Å². The van der Waals surface area contributed by atoms with Crippen LogP contribution in [0.3, 0.4) is 0 Å². The molecule has 0 fully saturated rings. The van der Waals surface area contributed by atoms with Gasteiger partial charge >= 0.3 is 0 Å². The summed E-state index contributed by atoms with van der Waals surface area (Å²) in [7, 11) is 0. The lowest BCUT2D eigenvalue weighted by Gasteiger charge is -2.09. The van der Waals surface area contributed by atoms with Crippen LogP contribution in [0, 0.1) is 27.7 Å². The Morgan fingerprint density at radius 1 is 0.625 bits per heavy atom. The maximum atomic E-state index is 4.95. The highest BCUT2D eigenvalue weighted by Gasteiger charge is 2.20. The Bertz CT molecular complexity index is 1010. The van der Waals surface area contributed by atoms with Gasteiger partial charge < -0.3 is 0 Å². The number of hydrogen-bond donors (Lipinski definition) is 0. The van der Waals surface area contributed by atoms with Gasteiger partial charge in [0.2, 0.25) is 16.7 Å². The molecule has 0 amide bonds. The molecular weight excluding hydrogens is 292 g/mol. The lowest BCUT2D eigenvalue weighted by molar-refractivity contribution is -0.538. The predicted octanol–water partition coefficient (Wildman–Crippen LogP) is 4.90. The quantitative estimate of drug-likeness (QED) is 0.361. The fourth-order valence-corrected chi connectivity index (χ4v) is 3.22. The smallest absolute Gasteiger partial charge is 0.235 e. The molecule has 0 spiro atoms. The number of rotatable bonds is 1. The van der Waals surface area contributed by atoms with E-state index in [0.29, 0.717) is 0 Å². The predicted molar refractivity (Wildman–Crippen MR) is 99.7 cm³/mol. The first kappa shape index (κ1) is 14.8. The monoisotopic (exact) mass is 313 g/mol. The number of hydrogen-bond acceptors (Lipinski definition) is 1. The summed E-state index contributed by atoms with van der Waals surface area (Å²) in [5.41, 5.74) is 10.7. The molecule has 4 aromatic rings. The molecule has 0 N–H and O–H groups in total. The topological polar surface area (TPSA) is 16.8 Å². The van der Waals surface area contributed by atoms with E-state index < -0.39 is 0 Å². The average Bonchev–Trinajstić information content (AvgIpc) is 2.57. The molecule has 4 rings (SSSR count). The lowest BCUT2D eigenvalue weighted by Crippen LogP contribution is -2.33. The van der Waals surface area contributed by atoms with E-state index in [1.165, 1.54) is 27.9 Å². The van der Waals surface area contributed by atoms with Gasteiger partial charge in [0.1, 0.15) is 11.0 Å². The van der Waals surface area contributed by atoms with Crippen molar-refractivity contribution in [3.8, 4) is 5.69 Å². The molecule has 1 heterocycles. The number of para-hydroxylation sites is 1. The van der Waals surface area contributed by atoms with E-state index in [4.69, 9.17) is 4.98 Å². The van der Waals surface area contributed by atoms with Gasteiger partial charge in [-0.05, 0) is 62.1 Å². The average molecular weight is 313 g/mol. The van der Waals surface area contributed by atoms with Crippen LogP contribution in [-0.4, -0.2) is 4.98 Å². The largest absolute Gasteiger partial charge is 0.237 e. The van der Waals surface area contributed by atoms with Crippen LogP contribution in [0.4, 0.5) is 0 Å². The Kier molecular flexibility index (Phi) is 3.34. The van der Waals surface area contributed by atoms with Gasteiger partial charge in [0.25, 0.3) is 0 Å². The first-order valence-corrected chi connectivity index (χ1v) is 8.34. The van der Waals surface area contributed by atoms with Gasteiger partial charge in [0.05, 0.1) is 0 Å². The highest BCUT2D eigenvalue weighted by Crippen LogP contribution is 2.22. The second-order valence-electron chi connectivity index (χ2n) is 6.63. The van der Waals surface area contributed by atoms with Gasteiger partial charge in [-0.25, -0.2) is 4.98 Å². The summed E-state index contributed by atoms with van der Waals surface area (Å²) < 4.78 is 2.33. The van der Waals surface area contributed by atoms with Crippen molar-refractivity contribution < 1.29 is 4.57 Å². The van der Waals surface area contributed by atoms with E-state index in [0.717, 1.165) is 22.1 Å². The first-order chi connectivity index (χ1) is 11.5. The molecule has 0 unspecified atom stereocenters. The number of nitrogens with zero attached hydrogens (tertiary/aromatic N) is 2. The Morgan fingerprint density at radius 2 is 1.08 bits per heavy atom. The van der Waals surface area contributed by atoms with Crippen molar-refractivity contribution in [2.45, 2.75) is 27.7 Å². The normalized spacial score (nSPS) is 11.3. The van der Waals surface area contributed by atoms with Gasteiger partial charge in [0, 0.05) is 24.3 Å². The van der Waals surface area contributed by atoms with Crippen LogP contribution in [0.1, 0.15) is 22.3 Å². The van der Waals surface area contributed by atoms with E-state index in [1.54, 1.807) is 0 Å². The number of aromatic nitrogens is 2. The van der Waals surface area contributed by atoms with Crippen LogP contribution in [0.5, 0.6) is 0 Å². The molecule has 0 radical (unpaired) electrons. The van der Waals surface area contributed by atoms with Crippen molar-refractivity contribution in [1.29, 1.82) is 0 Å². The fourth-order valence-electron chi connectivity index (χ4n) is 3.22. The van der Waals surface area contributed by atoms with Crippen LogP contribution in [0.25, 0.3) is 27.8 Å². The molecular formula is C22H21N2+. The Hall–Kier alpha value is -2.74. The number of fused-ring (bicyclic) bond motifs is 2. The summed E-state index contributed by atoms with van der Waals surface area (Å²) in [6.07, 6.45) is 0. The van der Waals surface area contributed by atoms with Crippen LogP contribution >= 0.6 is 0 Å². The molecule has 0 bridgehead atoms. The summed E-state index contributed by atoms with van der Waals surface area (Å²) in [4.78, 5) is 4.95. The van der Waals surface area contributed by atoms with Crippen molar-refractivity contribution in [3.63, 3.8) is 0 Å². The highest BCUT2D eigenvalue weighted by atomic mass is 15.0. The highest BCUT2D eigenvalue weighted by molar-refractivity contribution is 5.84. The van der Waals surface area contributed by atoms with Crippen LogP contribution in [-0.2, 0) is 0 Å². The van der Waals surface area contributed by atoms with Crippen LogP contribution in [0.2, 0.25) is 0 Å². The third-order valence-electron chi connectivity index (χ3n) is 4.92. The summed E-state index contributed by atoms with van der Waals surface area (Å²) in [6.45, 7) is 8.62. The summed E-state index contributed by atoms with van der Waals surface area (Å²) in [5, 5.41) is 0. The maximum Gasteiger partial charge on any atom is 0.237 e. The van der Waals surface area contributed by atoms with Gasteiger partial charge in [-0.15, -0.1) is 4.57 Å². The lowest BCUT2D eigenvalue weighted by atomic mass is 10.1. The van der Waals surface area contributed by atoms with E-state index in [2.05, 4.69) is 86.9 Å². The number of benzene rings is 3. The molecule has 0 aliphatic heterocycles. The van der Waals surface area contributed by atoms with Crippen molar-refractivity contribution in [2.24, 2.45) is 0 Å². The minimum absolute atomic E-state index is 1.04. The third-order valence-corrected chi connectivity index (χ3v) is 4.92. The third kappa shape index (κ3) is 2.26. The molecule has 3 aromatic carbocycles. The van der Waals surface area contributed by atoms with Gasteiger partial charge in [-0.1, -0.05) is 18.2 Å². The first-order valence-electron chi connectivity index (χ1n) is 8.34. The zero-order valence-electron chi connectivity index (χ0n) is 14.6. The standard InChI is InChI=1S/C22H21N2/c1-14-10-19-21(12-16(14)3)24(18-8-6-5-7-9-18)22-13-17(4)15(2)11-20(22)23-19/h5-13H,1-4H3/q+1. The molecule has 2 nitrogen and oxygen atoms in total. The zero-order valence-corrected chi connectivity index (χ0v) is 14.6. The second-order valence-corrected chi connectivity index (χ2v) is 6.63. The zero-order chi connectivity index (χ0) is 16.8. The summed E-state index contributed by atoms with van der Waals surface area (Å²) in [6, 6.07) is 19.4. The Balaban J connectivity index is 2.25. The summed E-state index contributed by atoms with van der Waals surface area (Å²) in [5.74, 6) is 0. The molecule has 0 aliphatic rings. The SMILES string of the molecule is Cc1cc2nc3cc(C)c(C)cc3[n+](-c3ccccc3)c2cc1C. The molecule has 1 aromatic heterocycles.